The molecule has 0 amide bonds. The highest BCUT2D eigenvalue weighted by molar-refractivity contribution is 8.00. The Kier molecular flexibility index (Phi) is 7.94. The molecule has 1 aromatic heterocycles. The lowest BCUT2D eigenvalue weighted by Gasteiger charge is -2.19. The highest BCUT2D eigenvalue weighted by atomic mass is 32.2. The topological polar surface area (TPSA) is 80.2 Å². The molecule has 1 atom stereocenters. The van der Waals surface area contributed by atoms with Crippen molar-refractivity contribution < 1.29 is 9.53 Å². The van der Waals surface area contributed by atoms with E-state index in [-0.39, 0.29) is 11.2 Å². The molecule has 22 heavy (non-hydrogen) atoms. The third kappa shape index (κ3) is 5.32. The summed E-state index contributed by atoms with van der Waals surface area (Å²) in [5, 5.41) is 3.26. The fraction of sp³-hybridized carbons (Fsp3) is 0.714. The first-order chi connectivity index (χ1) is 10.5. The lowest BCUT2D eigenvalue weighted by Crippen LogP contribution is -2.25. The lowest BCUT2D eigenvalue weighted by molar-refractivity contribution is -0.142. The van der Waals surface area contributed by atoms with Crippen LogP contribution in [0, 0.1) is 0 Å². The minimum atomic E-state index is -0.360. The molecule has 0 radical (unpaired) electrons. The number of anilines is 2. The van der Waals surface area contributed by atoms with Gasteiger partial charge in [-0.15, -0.1) is 0 Å². The maximum Gasteiger partial charge on any atom is 0.319 e. The van der Waals surface area contributed by atoms with Gasteiger partial charge in [-0.2, -0.15) is 15.0 Å². The summed E-state index contributed by atoms with van der Waals surface area (Å²) >= 11 is 1.28. The summed E-state index contributed by atoms with van der Waals surface area (Å²) in [6.45, 7) is 12.4. The highest BCUT2D eigenvalue weighted by Gasteiger charge is 2.19. The number of hydrogen-bond donors (Lipinski definition) is 1. The van der Waals surface area contributed by atoms with Crippen LogP contribution in [0.2, 0.25) is 0 Å². The second-order valence-electron chi connectivity index (χ2n) is 4.46. The largest absolute Gasteiger partial charge is 0.465 e. The number of nitrogens with one attached hydrogen (secondary N) is 1. The molecule has 0 aromatic carbocycles. The van der Waals surface area contributed by atoms with E-state index in [2.05, 4.69) is 20.3 Å². The summed E-state index contributed by atoms with van der Waals surface area (Å²) in [6, 6.07) is 0. The summed E-state index contributed by atoms with van der Waals surface area (Å²) in [5.74, 6) is 0.884. The van der Waals surface area contributed by atoms with Crippen molar-refractivity contribution in [1.29, 1.82) is 0 Å². The van der Waals surface area contributed by atoms with E-state index in [9.17, 15) is 4.79 Å². The summed E-state index contributed by atoms with van der Waals surface area (Å²) in [6.07, 6.45) is 0. The van der Waals surface area contributed by atoms with Crippen molar-refractivity contribution in [3.05, 3.63) is 0 Å². The van der Waals surface area contributed by atoms with Crippen molar-refractivity contribution in [2.75, 3.05) is 36.5 Å². The number of ether oxygens (including phenoxy) is 1. The zero-order valence-electron chi connectivity index (χ0n) is 13.9. The van der Waals surface area contributed by atoms with Crippen molar-refractivity contribution in [3.8, 4) is 0 Å². The molecule has 1 N–H and O–H groups in total. The van der Waals surface area contributed by atoms with Crippen molar-refractivity contribution in [3.63, 3.8) is 0 Å². The Morgan fingerprint density at radius 1 is 1.23 bits per heavy atom. The molecule has 1 unspecified atom stereocenters. The zero-order valence-corrected chi connectivity index (χ0v) is 14.7. The Morgan fingerprint density at radius 2 is 1.91 bits per heavy atom. The van der Waals surface area contributed by atoms with Crippen LogP contribution >= 0.6 is 11.8 Å². The second-order valence-corrected chi connectivity index (χ2v) is 5.76. The molecule has 1 aromatic rings. The van der Waals surface area contributed by atoms with Gasteiger partial charge in [0.25, 0.3) is 0 Å². The molecule has 1 rings (SSSR count). The third-order valence-corrected chi connectivity index (χ3v) is 3.82. The molecular weight excluding hydrogens is 302 g/mol. The molecule has 8 heteroatoms. The van der Waals surface area contributed by atoms with Gasteiger partial charge in [-0.05, 0) is 34.6 Å². The van der Waals surface area contributed by atoms with Gasteiger partial charge in [0.2, 0.25) is 11.9 Å². The Balaban J connectivity index is 2.99. The first kappa shape index (κ1) is 18.5. The Hall–Kier alpha value is -1.57. The molecule has 0 saturated heterocycles. The van der Waals surface area contributed by atoms with Crippen LogP contribution in [0.1, 0.15) is 34.6 Å². The molecule has 0 spiro atoms. The normalized spacial score (nSPS) is 11.9. The van der Waals surface area contributed by atoms with Gasteiger partial charge in [-0.1, -0.05) is 11.8 Å². The maximum absolute atomic E-state index is 11.7. The van der Waals surface area contributed by atoms with Crippen LogP contribution < -0.4 is 10.2 Å². The van der Waals surface area contributed by atoms with Crippen LogP contribution in [0.4, 0.5) is 11.9 Å². The van der Waals surface area contributed by atoms with Crippen molar-refractivity contribution in [2.24, 2.45) is 0 Å². The number of rotatable bonds is 9. The molecule has 7 nitrogen and oxygen atoms in total. The molecular formula is C14H25N5O2S. The van der Waals surface area contributed by atoms with E-state index in [0.29, 0.717) is 23.7 Å². The van der Waals surface area contributed by atoms with Crippen LogP contribution in [0.5, 0.6) is 0 Å². The predicted octanol–water partition coefficient (Wildman–Crippen LogP) is 2.19. The van der Waals surface area contributed by atoms with Gasteiger partial charge in [-0.3, -0.25) is 4.79 Å². The monoisotopic (exact) mass is 327 g/mol. The maximum atomic E-state index is 11.7. The van der Waals surface area contributed by atoms with Crippen LogP contribution in [-0.4, -0.2) is 52.4 Å². The van der Waals surface area contributed by atoms with Gasteiger partial charge in [0.1, 0.15) is 5.25 Å². The van der Waals surface area contributed by atoms with Gasteiger partial charge in [0, 0.05) is 19.6 Å². The first-order valence-electron chi connectivity index (χ1n) is 7.63. The van der Waals surface area contributed by atoms with Gasteiger partial charge in [-0.25, -0.2) is 0 Å². The van der Waals surface area contributed by atoms with Crippen LogP contribution in [0.25, 0.3) is 0 Å². The number of thioether (sulfide) groups is 1. The highest BCUT2D eigenvalue weighted by Crippen LogP contribution is 2.23. The van der Waals surface area contributed by atoms with Gasteiger partial charge < -0.3 is 15.0 Å². The zero-order chi connectivity index (χ0) is 16.5. The van der Waals surface area contributed by atoms with Crippen molar-refractivity contribution in [2.45, 2.75) is 45.0 Å². The molecule has 0 bridgehead atoms. The molecule has 1 heterocycles. The number of nitrogens with zero attached hydrogens (tertiary/aromatic N) is 4. The number of hydrogen-bond acceptors (Lipinski definition) is 8. The first-order valence-corrected chi connectivity index (χ1v) is 8.51. The fourth-order valence-corrected chi connectivity index (χ4v) is 2.50. The minimum absolute atomic E-state index is 0.262. The second kappa shape index (κ2) is 9.45. The Morgan fingerprint density at radius 3 is 2.45 bits per heavy atom. The Bertz CT molecular complexity index is 482. The quantitative estimate of drug-likeness (QED) is 0.546. The van der Waals surface area contributed by atoms with E-state index in [1.165, 1.54) is 11.8 Å². The van der Waals surface area contributed by atoms with Gasteiger partial charge in [0.15, 0.2) is 5.16 Å². The molecule has 0 aliphatic heterocycles. The molecule has 0 fully saturated rings. The average Bonchev–Trinajstić information content (AvgIpc) is 2.49. The average molecular weight is 327 g/mol. The van der Waals surface area contributed by atoms with E-state index in [4.69, 9.17) is 4.74 Å². The predicted molar refractivity (Wildman–Crippen MR) is 89.5 cm³/mol. The van der Waals surface area contributed by atoms with Gasteiger partial charge in [0.05, 0.1) is 6.61 Å². The SMILES string of the molecule is CCNc1nc(SC(C)C(=O)OCC)nc(N(CC)CC)n1. The van der Waals surface area contributed by atoms with E-state index in [1.807, 2.05) is 25.7 Å². The van der Waals surface area contributed by atoms with Crippen LogP contribution in [0.3, 0.4) is 0 Å². The standard InChI is InChI=1S/C14H25N5O2S/c1-6-15-12-16-13(19(7-2)8-3)18-14(17-12)22-10(5)11(20)21-9-4/h10H,6-9H2,1-5H3,(H,15,16,17,18). The molecule has 0 aliphatic carbocycles. The minimum Gasteiger partial charge on any atom is -0.465 e. The number of esters is 1. The summed E-state index contributed by atoms with van der Waals surface area (Å²) in [4.78, 5) is 27.0. The van der Waals surface area contributed by atoms with E-state index < -0.39 is 0 Å². The molecule has 0 saturated carbocycles. The van der Waals surface area contributed by atoms with Crippen molar-refractivity contribution >= 4 is 29.6 Å². The Labute approximate surface area is 136 Å². The van der Waals surface area contributed by atoms with Crippen LogP contribution in [0.15, 0.2) is 5.16 Å². The summed E-state index contributed by atoms with van der Waals surface area (Å²) in [7, 11) is 0. The molecule has 0 aliphatic rings. The van der Waals surface area contributed by atoms with Crippen molar-refractivity contribution in [1.82, 2.24) is 15.0 Å². The van der Waals surface area contributed by atoms with E-state index in [1.54, 1.807) is 13.8 Å². The third-order valence-electron chi connectivity index (χ3n) is 2.88. The number of aromatic nitrogens is 3. The van der Waals surface area contributed by atoms with E-state index >= 15 is 0 Å². The number of carbonyl (C=O) groups is 1. The smallest absolute Gasteiger partial charge is 0.319 e. The fourth-order valence-electron chi connectivity index (χ4n) is 1.75. The number of carbonyl (C=O) groups excluding carboxylic acids is 1. The van der Waals surface area contributed by atoms with Gasteiger partial charge >= 0.3 is 5.97 Å². The summed E-state index contributed by atoms with van der Waals surface area (Å²) in [5.41, 5.74) is 0. The van der Waals surface area contributed by atoms with E-state index in [0.717, 1.165) is 19.6 Å². The molecule has 124 valence electrons. The lowest BCUT2D eigenvalue weighted by atomic mass is 10.5. The summed E-state index contributed by atoms with van der Waals surface area (Å²) < 4.78 is 5.02. The van der Waals surface area contributed by atoms with Crippen LogP contribution in [-0.2, 0) is 9.53 Å².